The maximum absolute atomic E-state index is 11.5. The van der Waals surface area contributed by atoms with Crippen molar-refractivity contribution in [3.63, 3.8) is 0 Å². The van der Waals surface area contributed by atoms with E-state index in [1.165, 1.54) is 0 Å². The molecule has 0 spiro atoms. The molecule has 1 rings (SSSR count). The van der Waals surface area contributed by atoms with Gasteiger partial charge in [-0.3, -0.25) is 4.79 Å². The zero-order chi connectivity index (χ0) is 14.1. The van der Waals surface area contributed by atoms with E-state index < -0.39 is 0 Å². The van der Waals surface area contributed by atoms with Gasteiger partial charge in [-0.1, -0.05) is 22.9 Å². The highest BCUT2D eigenvalue weighted by atomic mass is 79.9. The second-order valence-electron chi connectivity index (χ2n) is 4.26. The van der Waals surface area contributed by atoms with Crippen molar-refractivity contribution in [2.24, 2.45) is 0 Å². The first-order valence-electron chi connectivity index (χ1n) is 6.44. The van der Waals surface area contributed by atoms with Crippen molar-refractivity contribution in [1.29, 1.82) is 0 Å². The largest absolute Gasteiger partial charge is 0.494 e. The van der Waals surface area contributed by atoms with E-state index in [0.717, 1.165) is 16.6 Å². The molecule has 0 aliphatic heterocycles. The molecule has 0 fully saturated rings. The highest BCUT2D eigenvalue weighted by Gasteiger charge is 2.08. The lowest BCUT2D eigenvalue weighted by Gasteiger charge is -2.13. The van der Waals surface area contributed by atoms with Crippen LogP contribution in [-0.4, -0.2) is 30.3 Å². The van der Waals surface area contributed by atoms with E-state index in [9.17, 15) is 4.79 Å². The molecular weight excluding hydrogens is 310 g/mol. The summed E-state index contributed by atoms with van der Waals surface area (Å²) in [5.74, 6) is 0.755. The number of nitrogens with one attached hydrogen (secondary N) is 1. The van der Waals surface area contributed by atoms with Crippen LogP contribution in [0, 0.1) is 0 Å². The standard InChI is InChI=1S/C14H20BrNO3/c1-2-12(10-17)16-14(18)4-3-9-19-13-7-5-11(15)6-8-13/h5-8,12,17H,2-4,9-10H2,1H3,(H,16,18). The molecule has 1 amide bonds. The first kappa shape index (κ1) is 16.0. The van der Waals surface area contributed by atoms with Gasteiger partial charge in [0.05, 0.1) is 19.3 Å². The van der Waals surface area contributed by atoms with Gasteiger partial charge >= 0.3 is 0 Å². The Labute approximate surface area is 122 Å². The number of carbonyl (C=O) groups is 1. The number of ether oxygens (including phenoxy) is 1. The second kappa shape index (κ2) is 8.93. The maximum atomic E-state index is 11.5. The Morgan fingerprint density at radius 2 is 2.11 bits per heavy atom. The maximum Gasteiger partial charge on any atom is 0.220 e. The molecule has 19 heavy (non-hydrogen) atoms. The molecular formula is C14H20BrNO3. The van der Waals surface area contributed by atoms with Gasteiger partial charge in [0.1, 0.15) is 5.75 Å². The van der Waals surface area contributed by atoms with Crippen molar-refractivity contribution in [3.8, 4) is 5.75 Å². The van der Waals surface area contributed by atoms with Crippen LogP contribution in [0.1, 0.15) is 26.2 Å². The Morgan fingerprint density at radius 1 is 1.42 bits per heavy atom. The summed E-state index contributed by atoms with van der Waals surface area (Å²) >= 11 is 3.35. The van der Waals surface area contributed by atoms with Crippen LogP contribution in [-0.2, 0) is 4.79 Å². The molecule has 0 aliphatic carbocycles. The van der Waals surface area contributed by atoms with Crippen molar-refractivity contribution >= 4 is 21.8 Å². The fourth-order valence-electron chi connectivity index (χ4n) is 1.53. The molecule has 1 unspecified atom stereocenters. The lowest BCUT2D eigenvalue weighted by Crippen LogP contribution is -2.36. The minimum absolute atomic E-state index is 0.0162. The molecule has 0 aromatic heterocycles. The van der Waals surface area contributed by atoms with Gasteiger partial charge < -0.3 is 15.2 Å². The van der Waals surface area contributed by atoms with Crippen LogP contribution in [0.25, 0.3) is 0 Å². The third-order valence-corrected chi connectivity index (χ3v) is 3.24. The topological polar surface area (TPSA) is 58.6 Å². The summed E-state index contributed by atoms with van der Waals surface area (Å²) in [5.41, 5.74) is 0. The molecule has 1 atom stereocenters. The second-order valence-corrected chi connectivity index (χ2v) is 5.18. The number of aliphatic hydroxyl groups is 1. The lowest BCUT2D eigenvalue weighted by molar-refractivity contribution is -0.122. The average Bonchev–Trinajstić information content (AvgIpc) is 2.43. The van der Waals surface area contributed by atoms with E-state index in [4.69, 9.17) is 9.84 Å². The quantitative estimate of drug-likeness (QED) is 0.720. The van der Waals surface area contributed by atoms with E-state index in [1.807, 2.05) is 31.2 Å². The number of aliphatic hydroxyl groups excluding tert-OH is 1. The van der Waals surface area contributed by atoms with Crippen molar-refractivity contribution in [1.82, 2.24) is 5.32 Å². The summed E-state index contributed by atoms with van der Waals surface area (Å²) in [7, 11) is 0. The fraction of sp³-hybridized carbons (Fsp3) is 0.500. The number of carbonyl (C=O) groups excluding carboxylic acids is 1. The van der Waals surface area contributed by atoms with Crippen molar-refractivity contribution in [3.05, 3.63) is 28.7 Å². The molecule has 0 saturated heterocycles. The van der Waals surface area contributed by atoms with Gasteiger partial charge in [0.2, 0.25) is 5.91 Å². The molecule has 0 heterocycles. The molecule has 1 aromatic carbocycles. The molecule has 2 N–H and O–H groups in total. The van der Waals surface area contributed by atoms with E-state index in [1.54, 1.807) is 0 Å². The van der Waals surface area contributed by atoms with E-state index in [2.05, 4.69) is 21.2 Å². The van der Waals surface area contributed by atoms with Gasteiger partial charge in [0.25, 0.3) is 0 Å². The average molecular weight is 330 g/mol. The Kier molecular flexibility index (Phi) is 7.52. The van der Waals surface area contributed by atoms with Crippen LogP contribution in [0.15, 0.2) is 28.7 Å². The van der Waals surface area contributed by atoms with E-state index in [-0.39, 0.29) is 18.6 Å². The third kappa shape index (κ3) is 6.59. The lowest BCUT2D eigenvalue weighted by atomic mass is 10.2. The fourth-order valence-corrected chi connectivity index (χ4v) is 1.79. The minimum atomic E-state index is -0.139. The van der Waals surface area contributed by atoms with Crippen LogP contribution < -0.4 is 10.1 Å². The summed E-state index contributed by atoms with van der Waals surface area (Å²) in [4.78, 5) is 11.5. The number of amides is 1. The highest BCUT2D eigenvalue weighted by Crippen LogP contribution is 2.16. The summed E-state index contributed by atoms with van der Waals surface area (Å²) in [6, 6.07) is 7.44. The minimum Gasteiger partial charge on any atom is -0.494 e. The molecule has 0 radical (unpaired) electrons. The smallest absolute Gasteiger partial charge is 0.220 e. The summed E-state index contributed by atoms with van der Waals surface area (Å²) < 4.78 is 6.53. The SMILES string of the molecule is CCC(CO)NC(=O)CCCOc1ccc(Br)cc1. The predicted octanol–water partition coefficient (Wildman–Crippen LogP) is 2.50. The van der Waals surface area contributed by atoms with Crippen LogP contribution in [0.5, 0.6) is 5.75 Å². The summed E-state index contributed by atoms with van der Waals surface area (Å²) in [5, 5.41) is 11.7. The first-order chi connectivity index (χ1) is 9.15. The predicted molar refractivity (Wildman–Crippen MR) is 78.2 cm³/mol. The number of halogens is 1. The van der Waals surface area contributed by atoms with Gasteiger partial charge in [0, 0.05) is 10.9 Å². The monoisotopic (exact) mass is 329 g/mol. The van der Waals surface area contributed by atoms with Crippen LogP contribution >= 0.6 is 15.9 Å². The van der Waals surface area contributed by atoms with Gasteiger partial charge in [-0.15, -0.1) is 0 Å². The normalized spacial score (nSPS) is 11.9. The first-order valence-corrected chi connectivity index (χ1v) is 7.23. The molecule has 0 aliphatic rings. The zero-order valence-corrected chi connectivity index (χ0v) is 12.6. The van der Waals surface area contributed by atoms with Crippen LogP contribution in [0.4, 0.5) is 0 Å². The molecule has 5 heteroatoms. The number of hydrogen-bond acceptors (Lipinski definition) is 3. The molecule has 4 nitrogen and oxygen atoms in total. The number of benzene rings is 1. The summed E-state index contributed by atoms with van der Waals surface area (Å²) in [6.45, 7) is 2.42. The van der Waals surface area contributed by atoms with E-state index >= 15 is 0 Å². The van der Waals surface area contributed by atoms with Crippen molar-refractivity contribution in [2.75, 3.05) is 13.2 Å². The van der Waals surface area contributed by atoms with E-state index in [0.29, 0.717) is 19.4 Å². The third-order valence-electron chi connectivity index (χ3n) is 2.71. The molecule has 1 aromatic rings. The summed E-state index contributed by atoms with van der Waals surface area (Å²) in [6.07, 6.45) is 1.80. The van der Waals surface area contributed by atoms with Gasteiger partial charge in [-0.2, -0.15) is 0 Å². The van der Waals surface area contributed by atoms with Crippen molar-refractivity contribution in [2.45, 2.75) is 32.2 Å². The zero-order valence-electron chi connectivity index (χ0n) is 11.1. The Hall–Kier alpha value is -1.07. The van der Waals surface area contributed by atoms with Gasteiger partial charge in [0.15, 0.2) is 0 Å². The Balaban J connectivity index is 2.16. The number of hydrogen-bond donors (Lipinski definition) is 2. The Bertz CT molecular complexity index is 377. The van der Waals surface area contributed by atoms with Crippen LogP contribution in [0.2, 0.25) is 0 Å². The van der Waals surface area contributed by atoms with Crippen LogP contribution in [0.3, 0.4) is 0 Å². The number of rotatable bonds is 8. The highest BCUT2D eigenvalue weighted by molar-refractivity contribution is 9.10. The molecule has 0 bridgehead atoms. The molecule has 106 valence electrons. The van der Waals surface area contributed by atoms with Crippen molar-refractivity contribution < 1.29 is 14.6 Å². The Morgan fingerprint density at radius 3 is 2.68 bits per heavy atom. The van der Waals surface area contributed by atoms with Gasteiger partial charge in [-0.25, -0.2) is 0 Å². The van der Waals surface area contributed by atoms with Gasteiger partial charge in [-0.05, 0) is 37.1 Å². The molecule has 0 saturated carbocycles.